The van der Waals surface area contributed by atoms with Gasteiger partial charge >= 0.3 is 0 Å². The molecule has 0 radical (unpaired) electrons. The van der Waals surface area contributed by atoms with Crippen LogP contribution in [0.3, 0.4) is 0 Å². The minimum absolute atomic E-state index is 0.733. The van der Waals surface area contributed by atoms with Crippen LogP contribution in [0.15, 0.2) is 4.99 Å². The van der Waals surface area contributed by atoms with Crippen LogP contribution in [-0.4, -0.2) is 19.0 Å². The predicted molar refractivity (Wildman–Crippen MR) is 64.4 cm³/mol. The van der Waals surface area contributed by atoms with E-state index >= 15 is 0 Å². The van der Waals surface area contributed by atoms with Gasteiger partial charge in [-0.1, -0.05) is 20.3 Å². The first-order chi connectivity index (χ1) is 7.26. The summed E-state index contributed by atoms with van der Waals surface area (Å²) in [4.78, 5) is 4.47. The van der Waals surface area contributed by atoms with Crippen molar-refractivity contribution < 1.29 is 0 Å². The summed E-state index contributed by atoms with van der Waals surface area (Å²) in [7, 11) is 0. The van der Waals surface area contributed by atoms with Crippen molar-refractivity contribution in [3.8, 4) is 0 Å². The Kier molecular flexibility index (Phi) is 5.47. The Bertz CT molecular complexity index is 203. The number of aliphatic imine (C=N–C) groups is 1. The number of nitrogens with one attached hydrogen (secondary N) is 2. The molecule has 0 aliphatic heterocycles. The molecule has 0 aromatic rings. The quantitative estimate of drug-likeness (QED) is 0.284. The maximum Gasteiger partial charge on any atom is 0.205 e. The topological polar surface area (TPSA) is 62.4 Å². The molecule has 4 nitrogen and oxygen atoms in total. The molecule has 15 heavy (non-hydrogen) atoms. The van der Waals surface area contributed by atoms with Crippen LogP contribution in [0.5, 0.6) is 0 Å². The van der Waals surface area contributed by atoms with Crippen LogP contribution in [-0.2, 0) is 0 Å². The third kappa shape index (κ3) is 4.51. The molecule has 88 valence electrons. The highest BCUT2D eigenvalue weighted by atomic mass is 15.3. The van der Waals surface area contributed by atoms with E-state index in [0.717, 1.165) is 37.3 Å². The number of hydrogen-bond donors (Lipinski definition) is 3. The van der Waals surface area contributed by atoms with Crippen LogP contribution in [0.1, 0.15) is 39.5 Å². The van der Waals surface area contributed by atoms with Crippen molar-refractivity contribution in [2.24, 2.45) is 22.7 Å². The molecule has 0 aromatic carbocycles. The fraction of sp³-hybridized carbons (Fsp3) is 0.909. The summed E-state index contributed by atoms with van der Waals surface area (Å²) < 4.78 is 0. The summed E-state index contributed by atoms with van der Waals surface area (Å²) in [5.74, 6) is 7.75. The Morgan fingerprint density at radius 2 is 2.27 bits per heavy atom. The van der Waals surface area contributed by atoms with Gasteiger partial charge in [-0.15, -0.1) is 0 Å². The third-order valence-electron chi connectivity index (χ3n) is 2.99. The van der Waals surface area contributed by atoms with Crippen LogP contribution in [0.25, 0.3) is 0 Å². The lowest BCUT2D eigenvalue weighted by molar-refractivity contribution is 0.524. The van der Waals surface area contributed by atoms with E-state index in [1.807, 2.05) is 0 Å². The molecule has 4 heteroatoms. The van der Waals surface area contributed by atoms with Crippen LogP contribution in [0.4, 0.5) is 0 Å². The first-order valence-electron chi connectivity index (χ1n) is 6.01. The van der Waals surface area contributed by atoms with Crippen LogP contribution in [0.2, 0.25) is 0 Å². The van der Waals surface area contributed by atoms with Crippen LogP contribution >= 0.6 is 0 Å². The average Bonchev–Trinajstić information content (AvgIpc) is 2.65. The zero-order chi connectivity index (χ0) is 11.1. The Morgan fingerprint density at radius 1 is 1.47 bits per heavy atom. The first kappa shape index (κ1) is 12.3. The summed E-state index contributed by atoms with van der Waals surface area (Å²) in [5, 5.41) is 3.17. The SMILES string of the molecule is CCCNC(=NCC1CCC(C)C1)NN. The van der Waals surface area contributed by atoms with Gasteiger partial charge in [0.25, 0.3) is 0 Å². The van der Waals surface area contributed by atoms with Crippen molar-refractivity contribution in [1.82, 2.24) is 10.7 Å². The van der Waals surface area contributed by atoms with Gasteiger partial charge in [-0.25, -0.2) is 5.84 Å². The minimum atomic E-state index is 0.733. The van der Waals surface area contributed by atoms with Gasteiger partial charge in [0.05, 0.1) is 0 Å². The highest BCUT2D eigenvalue weighted by Gasteiger charge is 2.20. The molecule has 0 heterocycles. The minimum Gasteiger partial charge on any atom is -0.355 e. The van der Waals surface area contributed by atoms with Crippen molar-refractivity contribution >= 4 is 5.96 Å². The highest BCUT2D eigenvalue weighted by Crippen LogP contribution is 2.30. The molecule has 1 rings (SSSR count). The Hall–Kier alpha value is -0.770. The molecule has 0 spiro atoms. The number of nitrogens with zero attached hydrogens (tertiary/aromatic N) is 1. The number of rotatable bonds is 4. The number of nitrogens with two attached hydrogens (primary N) is 1. The zero-order valence-electron chi connectivity index (χ0n) is 9.92. The Morgan fingerprint density at radius 3 is 2.80 bits per heavy atom. The van der Waals surface area contributed by atoms with Crippen molar-refractivity contribution in [3.05, 3.63) is 0 Å². The molecule has 4 N–H and O–H groups in total. The van der Waals surface area contributed by atoms with E-state index < -0.39 is 0 Å². The van der Waals surface area contributed by atoms with Gasteiger partial charge in [-0.05, 0) is 31.1 Å². The van der Waals surface area contributed by atoms with Crippen molar-refractivity contribution in [3.63, 3.8) is 0 Å². The van der Waals surface area contributed by atoms with E-state index in [1.165, 1.54) is 19.3 Å². The van der Waals surface area contributed by atoms with Gasteiger partial charge in [0.2, 0.25) is 5.96 Å². The molecular formula is C11H24N4. The summed E-state index contributed by atoms with van der Waals surface area (Å²) in [6.45, 7) is 6.27. The maximum absolute atomic E-state index is 5.38. The first-order valence-corrected chi connectivity index (χ1v) is 6.01. The van der Waals surface area contributed by atoms with Gasteiger partial charge in [-0.2, -0.15) is 0 Å². The Balaban J connectivity index is 2.27. The molecule has 0 aromatic heterocycles. The molecule has 0 amide bonds. The summed E-state index contributed by atoms with van der Waals surface area (Å²) >= 11 is 0. The fourth-order valence-electron chi connectivity index (χ4n) is 2.11. The smallest absolute Gasteiger partial charge is 0.205 e. The van der Waals surface area contributed by atoms with Gasteiger partial charge in [0.1, 0.15) is 0 Å². The summed E-state index contributed by atoms with van der Waals surface area (Å²) in [5.41, 5.74) is 2.61. The molecular weight excluding hydrogens is 188 g/mol. The molecule has 2 unspecified atom stereocenters. The molecule has 1 fully saturated rings. The van der Waals surface area contributed by atoms with Gasteiger partial charge in [0, 0.05) is 13.1 Å². The van der Waals surface area contributed by atoms with E-state index in [9.17, 15) is 0 Å². The van der Waals surface area contributed by atoms with Crippen molar-refractivity contribution in [1.29, 1.82) is 0 Å². The van der Waals surface area contributed by atoms with E-state index in [1.54, 1.807) is 0 Å². The largest absolute Gasteiger partial charge is 0.355 e. The number of hydrogen-bond acceptors (Lipinski definition) is 2. The normalized spacial score (nSPS) is 26.7. The second-order valence-corrected chi connectivity index (χ2v) is 4.54. The number of hydrazine groups is 1. The summed E-state index contributed by atoms with van der Waals surface area (Å²) in [6, 6.07) is 0. The number of guanidine groups is 1. The second kappa shape index (κ2) is 6.67. The molecule has 0 bridgehead atoms. The summed E-state index contributed by atoms with van der Waals surface area (Å²) in [6.07, 6.45) is 5.07. The Labute approximate surface area is 92.7 Å². The van der Waals surface area contributed by atoms with Gasteiger partial charge in [-0.3, -0.25) is 10.4 Å². The van der Waals surface area contributed by atoms with Crippen molar-refractivity contribution in [2.75, 3.05) is 13.1 Å². The second-order valence-electron chi connectivity index (χ2n) is 4.54. The molecule has 0 saturated heterocycles. The molecule has 1 saturated carbocycles. The lowest BCUT2D eigenvalue weighted by Gasteiger charge is -2.10. The standard InChI is InChI=1S/C11H24N4/c1-3-6-13-11(15-12)14-8-10-5-4-9(2)7-10/h9-10H,3-8,12H2,1-2H3,(H2,13,14,15). The fourth-order valence-corrected chi connectivity index (χ4v) is 2.11. The van der Waals surface area contributed by atoms with Gasteiger partial charge in [0.15, 0.2) is 0 Å². The van der Waals surface area contributed by atoms with Crippen LogP contribution < -0.4 is 16.6 Å². The van der Waals surface area contributed by atoms with E-state index in [2.05, 4.69) is 29.6 Å². The maximum atomic E-state index is 5.38. The highest BCUT2D eigenvalue weighted by molar-refractivity contribution is 5.79. The monoisotopic (exact) mass is 212 g/mol. The van der Waals surface area contributed by atoms with E-state index in [4.69, 9.17) is 5.84 Å². The van der Waals surface area contributed by atoms with Crippen LogP contribution in [0, 0.1) is 11.8 Å². The third-order valence-corrected chi connectivity index (χ3v) is 2.99. The van der Waals surface area contributed by atoms with Crippen molar-refractivity contribution in [2.45, 2.75) is 39.5 Å². The molecule has 1 aliphatic carbocycles. The molecule has 2 atom stereocenters. The van der Waals surface area contributed by atoms with E-state index in [-0.39, 0.29) is 0 Å². The molecule has 1 aliphatic rings. The predicted octanol–water partition coefficient (Wildman–Crippen LogP) is 1.24. The lowest BCUT2D eigenvalue weighted by Crippen LogP contribution is -2.42. The average molecular weight is 212 g/mol. The zero-order valence-corrected chi connectivity index (χ0v) is 9.92. The lowest BCUT2D eigenvalue weighted by atomic mass is 10.1. The van der Waals surface area contributed by atoms with E-state index in [0.29, 0.717) is 0 Å². The van der Waals surface area contributed by atoms with Gasteiger partial charge < -0.3 is 5.32 Å².